The first-order valence-electron chi connectivity index (χ1n) is 10.5. The van der Waals surface area contributed by atoms with Crippen LogP contribution in [0, 0.1) is 11.8 Å². The molecule has 3 saturated heterocycles. The smallest absolute Gasteiger partial charge is 0.242 e. The highest BCUT2D eigenvalue weighted by Crippen LogP contribution is 2.40. The Hall–Kier alpha value is -1.43. The number of hydrogen-bond donors (Lipinski definition) is 2. The van der Waals surface area contributed by atoms with E-state index in [1.54, 1.807) is 6.92 Å². The fourth-order valence-electron chi connectivity index (χ4n) is 5.61. The zero-order valence-electron chi connectivity index (χ0n) is 16.3. The number of hydrogen-bond acceptors (Lipinski definition) is 4. The third-order valence-electron chi connectivity index (χ3n) is 6.95. The molecular formula is C22H33N3O2. The third-order valence-corrected chi connectivity index (χ3v) is 6.95. The second kappa shape index (κ2) is 7.90. The lowest BCUT2D eigenvalue weighted by atomic mass is 9.74. The van der Waals surface area contributed by atoms with E-state index < -0.39 is 12.1 Å². The number of aliphatic hydroxyl groups excluding tert-OH is 1. The van der Waals surface area contributed by atoms with Gasteiger partial charge in [0.25, 0.3) is 0 Å². The number of nitrogens with zero attached hydrogens (tertiary/aromatic N) is 2. The Morgan fingerprint density at radius 3 is 2.74 bits per heavy atom. The van der Waals surface area contributed by atoms with E-state index in [0.717, 1.165) is 26.1 Å². The second-order valence-electron chi connectivity index (χ2n) is 8.91. The van der Waals surface area contributed by atoms with Crippen LogP contribution in [0.1, 0.15) is 38.2 Å². The van der Waals surface area contributed by atoms with Crippen LogP contribution in [0.3, 0.4) is 0 Å². The van der Waals surface area contributed by atoms with Gasteiger partial charge in [0.05, 0.1) is 6.10 Å². The molecule has 0 spiro atoms. The molecule has 3 aliphatic rings. The highest BCUT2D eigenvalue weighted by Gasteiger charge is 2.45. The molecule has 1 amide bonds. The van der Waals surface area contributed by atoms with Crippen molar-refractivity contribution in [3.05, 3.63) is 35.9 Å². The van der Waals surface area contributed by atoms with E-state index in [0.29, 0.717) is 23.9 Å². The lowest BCUT2D eigenvalue weighted by Gasteiger charge is -2.55. The van der Waals surface area contributed by atoms with Gasteiger partial charge < -0.3 is 15.7 Å². The molecular weight excluding hydrogens is 338 g/mol. The summed E-state index contributed by atoms with van der Waals surface area (Å²) >= 11 is 0. The molecule has 3 N–H and O–H groups in total. The van der Waals surface area contributed by atoms with Crippen molar-refractivity contribution in [2.45, 2.75) is 63.3 Å². The van der Waals surface area contributed by atoms with Gasteiger partial charge in [-0.2, -0.15) is 0 Å². The molecule has 2 bridgehead atoms. The number of aliphatic hydroxyl groups is 1. The Morgan fingerprint density at radius 1 is 1.22 bits per heavy atom. The van der Waals surface area contributed by atoms with Crippen LogP contribution in [0.5, 0.6) is 0 Å². The summed E-state index contributed by atoms with van der Waals surface area (Å²) in [6.45, 7) is 4.28. The number of nitrogens with two attached hydrogens (primary N) is 1. The molecule has 27 heavy (non-hydrogen) atoms. The number of piperidine rings is 3. The topological polar surface area (TPSA) is 69.8 Å². The van der Waals surface area contributed by atoms with Crippen LogP contribution in [0.25, 0.3) is 0 Å². The fourth-order valence-corrected chi connectivity index (χ4v) is 5.61. The summed E-state index contributed by atoms with van der Waals surface area (Å²) in [4.78, 5) is 17.4. The molecule has 0 aromatic heterocycles. The summed E-state index contributed by atoms with van der Waals surface area (Å²) in [5.41, 5.74) is 7.36. The van der Waals surface area contributed by atoms with Crippen molar-refractivity contribution in [1.82, 2.24) is 9.80 Å². The van der Waals surface area contributed by atoms with Crippen molar-refractivity contribution in [2.75, 3.05) is 19.6 Å². The second-order valence-corrected chi connectivity index (χ2v) is 8.91. The Bertz CT molecular complexity index is 650. The average molecular weight is 372 g/mol. The van der Waals surface area contributed by atoms with Crippen molar-refractivity contribution >= 4 is 5.91 Å². The van der Waals surface area contributed by atoms with Crippen LogP contribution in [0.4, 0.5) is 0 Å². The summed E-state index contributed by atoms with van der Waals surface area (Å²) in [5, 5.41) is 9.71. The predicted molar refractivity (Wildman–Crippen MR) is 106 cm³/mol. The first-order chi connectivity index (χ1) is 13.0. The van der Waals surface area contributed by atoms with Gasteiger partial charge in [-0.25, -0.2) is 0 Å². The lowest BCUT2D eigenvalue weighted by molar-refractivity contribution is -0.142. The normalized spacial score (nSPS) is 33.2. The molecule has 5 nitrogen and oxygen atoms in total. The van der Waals surface area contributed by atoms with Crippen LogP contribution >= 0.6 is 0 Å². The molecule has 1 aromatic rings. The minimum absolute atomic E-state index is 0.0789. The molecule has 148 valence electrons. The molecule has 0 aliphatic carbocycles. The molecule has 1 aromatic carbocycles. The molecule has 5 heteroatoms. The maximum absolute atomic E-state index is 12.7. The summed E-state index contributed by atoms with van der Waals surface area (Å²) in [6.07, 6.45) is 5.37. The molecule has 0 unspecified atom stereocenters. The van der Waals surface area contributed by atoms with E-state index in [4.69, 9.17) is 5.73 Å². The number of rotatable bonds is 4. The van der Waals surface area contributed by atoms with Gasteiger partial charge in [0.2, 0.25) is 5.91 Å². The van der Waals surface area contributed by atoms with Gasteiger partial charge in [0.1, 0.15) is 6.04 Å². The van der Waals surface area contributed by atoms with Gasteiger partial charge >= 0.3 is 0 Å². The van der Waals surface area contributed by atoms with Crippen LogP contribution in [-0.2, 0) is 11.2 Å². The van der Waals surface area contributed by atoms with Gasteiger partial charge in [-0.15, -0.1) is 0 Å². The molecule has 0 radical (unpaired) electrons. The lowest BCUT2D eigenvalue weighted by Crippen LogP contribution is -2.64. The maximum Gasteiger partial charge on any atom is 0.242 e. The van der Waals surface area contributed by atoms with E-state index >= 15 is 0 Å². The zero-order chi connectivity index (χ0) is 19.0. The zero-order valence-corrected chi connectivity index (χ0v) is 16.3. The summed E-state index contributed by atoms with van der Waals surface area (Å²) in [7, 11) is 0. The number of amides is 1. The van der Waals surface area contributed by atoms with Gasteiger partial charge in [-0.05, 0) is 50.0 Å². The van der Waals surface area contributed by atoms with E-state index in [2.05, 4.69) is 35.2 Å². The monoisotopic (exact) mass is 371 g/mol. The molecule has 4 rings (SSSR count). The first kappa shape index (κ1) is 18.9. The van der Waals surface area contributed by atoms with Crippen LogP contribution in [-0.4, -0.2) is 64.7 Å². The van der Waals surface area contributed by atoms with Gasteiger partial charge in [-0.3, -0.25) is 9.69 Å². The Balaban J connectivity index is 1.46. The van der Waals surface area contributed by atoms with Crippen molar-refractivity contribution in [1.29, 1.82) is 0 Å². The van der Waals surface area contributed by atoms with Gasteiger partial charge in [0.15, 0.2) is 0 Å². The average Bonchev–Trinajstić information content (AvgIpc) is 2.68. The highest BCUT2D eigenvalue weighted by atomic mass is 16.3. The van der Waals surface area contributed by atoms with Crippen molar-refractivity contribution < 1.29 is 9.90 Å². The molecule has 3 fully saturated rings. The minimum Gasteiger partial charge on any atom is -0.391 e. The van der Waals surface area contributed by atoms with E-state index in [1.165, 1.54) is 31.2 Å². The fraction of sp³-hybridized carbons (Fsp3) is 0.682. The summed E-state index contributed by atoms with van der Waals surface area (Å²) in [5.74, 6) is 0.993. The van der Waals surface area contributed by atoms with Crippen LogP contribution < -0.4 is 5.73 Å². The predicted octanol–water partition coefficient (Wildman–Crippen LogP) is 1.64. The quantitative estimate of drug-likeness (QED) is 0.844. The Labute approximate surface area is 162 Å². The highest BCUT2D eigenvalue weighted by molar-refractivity contribution is 5.82. The van der Waals surface area contributed by atoms with E-state index in [-0.39, 0.29) is 5.91 Å². The number of fused-ring (bicyclic) bond motifs is 4. The van der Waals surface area contributed by atoms with Crippen LogP contribution in [0.2, 0.25) is 0 Å². The molecule has 3 heterocycles. The van der Waals surface area contributed by atoms with Gasteiger partial charge in [0, 0.05) is 31.7 Å². The number of benzene rings is 1. The maximum atomic E-state index is 12.7. The van der Waals surface area contributed by atoms with Crippen molar-refractivity contribution in [3.63, 3.8) is 0 Å². The standard InChI is InChI=1S/C22H33N3O2/c1-15(26)21(23)22(27)24-12-17-10-18(14-24)20-9-5-8-19(25(20)13-17)11-16-6-3-2-4-7-16/h2-4,6-7,15,17-21,26H,5,8-14,23H2,1H3/t15-,17+,18-,19-,20+,21+/m1/s1. The van der Waals surface area contributed by atoms with Crippen molar-refractivity contribution in [3.8, 4) is 0 Å². The molecule has 3 aliphatic heterocycles. The number of carbonyl (C=O) groups excluding carboxylic acids is 1. The van der Waals surface area contributed by atoms with E-state index in [9.17, 15) is 9.90 Å². The van der Waals surface area contributed by atoms with Crippen LogP contribution in [0.15, 0.2) is 30.3 Å². The Kier molecular flexibility index (Phi) is 5.53. The minimum atomic E-state index is -0.794. The SMILES string of the molecule is C[C@@H](O)[C@H](N)C(=O)N1C[C@@H]2C[C@H](C1)[C@@H]1CCC[C@H](Cc3ccccc3)N1C2. The summed E-state index contributed by atoms with van der Waals surface area (Å²) < 4.78 is 0. The largest absolute Gasteiger partial charge is 0.391 e. The number of likely N-dealkylation sites (tertiary alicyclic amines) is 1. The van der Waals surface area contributed by atoms with Gasteiger partial charge in [-0.1, -0.05) is 36.8 Å². The molecule has 6 atom stereocenters. The first-order valence-corrected chi connectivity index (χ1v) is 10.5. The van der Waals surface area contributed by atoms with Crippen molar-refractivity contribution in [2.24, 2.45) is 17.6 Å². The third kappa shape index (κ3) is 3.91. The van der Waals surface area contributed by atoms with E-state index in [1.807, 2.05) is 4.90 Å². The number of carbonyl (C=O) groups is 1. The summed E-state index contributed by atoms with van der Waals surface area (Å²) in [6, 6.07) is 11.3. The molecule has 0 saturated carbocycles. The Morgan fingerprint density at radius 2 is 2.00 bits per heavy atom.